The summed E-state index contributed by atoms with van der Waals surface area (Å²) in [6.45, 7) is 0. The fourth-order valence-electron chi connectivity index (χ4n) is 1.77. The van der Waals surface area contributed by atoms with Crippen LogP contribution in [0.5, 0.6) is 0 Å². The van der Waals surface area contributed by atoms with Gasteiger partial charge in [0, 0.05) is 0 Å². The summed E-state index contributed by atoms with van der Waals surface area (Å²) in [6.07, 6.45) is 23.4. The van der Waals surface area contributed by atoms with Gasteiger partial charge in [0.2, 0.25) is 0 Å². The van der Waals surface area contributed by atoms with Crippen molar-refractivity contribution >= 4 is 0 Å². The molecule has 0 aliphatic heterocycles. The highest BCUT2D eigenvalue weighted by Crippen LogP contribution is 2.16. The zero-order chi connectivity index (χ0) is 9.64. The van der Waals surface area contributed by atoms with Gasteiger partial charge in [-0.25, -0.2) is 0 Å². The highest BCUT2D eigenvalue weighted by atomic mass is 14.0. The topological polar surface area (TPSA) is 0 Å². The van der Waals surface area contributed by atoms with Crippen LogP contribution >= 0.6 is 0 Å². The van der Waals surface area contributed by atoms with Gasteiger partial charge in [0.1, 0.15) is 0 Å². The summed E-state index contributed by atoms with van der Waals surface area (Å²) < 4.78 is 0. The van der Waals surface area contributed by atoms with Crippen molar-refractivity contribution in [3.8, 4) is 0 Å². The smallest absolute Gasteiger partial charge is 0.00127 e. The Morgan fingerprint density at radius 1 is 1.21 bits per heavy atom. The predicted octanol–water partition coefficient (Wildman–Crippen LogP) is 3.95. The van der Waals surface area contributed by atoms with Gasteiger partial charge in [-0.05, 0) is 30.8 Å². The van der Waals surface area contributed by atoms with Crippen LogP contribution in [0.3, 0.4) is 0 Å². The van der Waals surface area contributed by atoms with Crippen LogP contribution in [0.15, 0.2) is 60.3 Å². The van der Waals surface area contributed by atoms with Gasteiger partial charge in [-0.1, -0.05) is 54.7 Å². The molecule has 0 heterocycles. The molecule has 0 aromatic heterocycles. The SMILES string of the molecule is C1=CC(CC=CCC2=CCC=C2)C=C1. The highest BCUT2D eigenvalue weighted by Gasteiger charge is 1.99. The first-order chi connectivity index (χ1) is 6.95. The molecular weight excluding hydrogens is 168 g/mol. The van der Waals surface area contributed by atoms with Crippen molar-refractivity contribution in [1.82, 2.24) is 0 Å². The molecule has 0 heteroatoms. The lowest BCUT2D eigenvalue weighted by Crippen LogP contribution is -1.84. The van der Waals surface area contributed by atoms with Crippen LogP contribution < -0.4 is 0 Å². The van der Waals surface area contributed by atoms with E-state index in [-0.39, 0.29) is 0 Å². The minimum absolute atomic E-state index is 0.638. The molecule has 0 N–H and O–H groups in total. The Hall–Kier alpha value is -1.30. The van der Waals surface area contributed by atoms with Gasteiger partial charge in [-0.3, -0.25) is 0 Å². The first-order valence-electron chi connectivity index (χ1n) is 5.31. The lowest BCUT2D eigenvalue weighted by atomic mass is 10.1. The Kier molecular flexibility index (Phi) is 3.18. The van der Waals surface area contributed by atoms with Crippen LogP contribution in [0, 0.1) is 5.92 Å². The summed E-state index contributed by atoms with van der Waals surface area (Å²) >= 11 is 0. The molecule has 72 valence electrons. The number of hydrogen-bond donors (Lipinski definition) is 0. The van der Waals surface area contributed by atoms with Crippen LogP contribution in [-0.4, -0.2) is 0 Å². The van der Waals surface area contributed by atoms with Gasteiger partial charge in [-0.15, -0.1) is 0 Å². The lowest BCUT2D eigenvalue weighted by Gasteiger charge is -1.98. The predicted molar refractivity (Wildman–Crippen MR) is 62.0 cm³/mol. The minimum atomic E-state index is 0.638. The maximum Gasteiger partial charge on any atom is -0.00127 e. The fourth-order valence-corrected chi connectivity index (χ4v) is 1.77. The van der Waals surface area contributed by atoms with E-state index in [1.54, 1.807) is 0 Å². The van der Waals surface area contributed by atoms with E-state index in [0.29, 0.717) is 5.92 Å². The molecule has 0 fully saturated rings. The van der Waals surface area contributed by atoms with Gasteiger partial charge in [0.05, 0.1) is 0 Å². The third kappa shape index (κ3) is 2.59. The first kappa shape index (κ1) is 9.26. The maximum atomic E-state index is 2.29. The molecule has 2 aliphatic carbocycles. The molecule has 0 aromatic carbocycles. The van der Waals surface area contributed by atoms with Crippen LogP contribution in [0.1, 0.15) is 19.3 Å². The van der Waals surface area contributed by atoms with Crippen LogP contribution in [-0.2, 0) is 0 Å². The zero-order valence-corrected chi connectivity index (χ0v) is 8.39. The van der Waals surface area contributed by atoms with E-state index in [1.165, 1.54) is 5.57 Å². The molecule has 2 aliphatic rings. The number of hydrogen-bond acceptors (Lipinski definition) is 0. The van der Waals surface area contributed by atoms with Crippen molar-refractivity contribution in [3.63, 3.8) is 0 Å². The zero-order valence-electron chi connectivity index (χ0n) is 8.39. The molecule has 0 unspecified atom stereocenters. The fraction of sp³-hybridized carbons (Fsp3) is 0.286. The van der Waals surface area contributed by atoms with Gasteiger partial charge in [-0.2, -0.15) is 0 Å². The summed E-state index contributed by atoms with van der Waals surface area (Å²) in [5.41, 5.74) is 1.46. The Labute approximate surface area is 86.0 Å². The van der Waals surface area contributed by atoms with Gasteiger partial charge in [0.15, 0.2) is 0 Å². The second-order valence-corrected chi connectivity index (χ2v) is 3.76. The van der Waals surface area contributed by atoms with Gasteiger partial charge < -0.3 is 0 Å². The standard InChI is InChI=1S/C14H16/c1-2-8-13(7-1)11-5-6-12-14-9-3-4-10-14/h1-3,5-10,13H,4,11-12H2. The normalized spacial score (nSPS) is 20.1. The molecule has 0 bridgehead atoms. The number of allylic oxidation sites excluding steroid dienone is 10. The molecule has 0 atom stereocenters. The molecule has 0 amide bonds. The van der Waals surface area contributed by atoms with E-state index >= 15 is 0 Å². The molecule has 14 heavy (non-hydrogen) atoms. The summed E-state index contributed by atoms with van der Waals surface area (Å²) in [7, 11) is 0. The van der Waals surface area contributed by atoms with Crippen molar-refractivity contribution in [3.05, 3.63) is 60.3 Å². The lowest BCUT2D eigenvalue weighted by molar-refractivity contribution is 0.842. The first-order valence-corrected chi connectivity index (χ1v) is 5.31. The Balaban J connectivity index is 1.69. The second-order valence-electron chi connectivity index (χ2n) is 3.76. The van der Waals surface area contributed by atoms with Gasteiger partial charge >= 0.3 is 0 Å². The number of rotatable bonds is 4. The van der Waals surface area contributed by atoms with Crippen molar-refractivity contribution in [2.45, 2.75) is 19.3 Å². The summed E-state index contributed by atoms with van der Waals surface area (Å²) in [5, 5.41) is 0. The van der Waals surface area contributed by atoms with E-state index in [9.17, 15) is 0 Å². The summed E-state index contributed by atoms with van der Waals surface area (Å²) in [4.78, 5) is 0. The van der Waals surface area contributed by atoms with Crippen molar-refractivity contribution in [2.24, 2.45) is 5.92 Å². The Morgan fingerprint density at radius 2 is 2.07 bits per heavy atom. The van der Waals surface area contributed by atoms with Crippen LogP contribution in [0.4, 0.5) is 0 Å². The van der Waals surface area contributed by atoms with E-state index in [4.69, 9.17) is 0 Å². The maximum absolute atomic E-state index is 2.29. The third-order valence-electron chi connectivity index (χ3n) is 2.60. The summed E-state index contributed by atoms with van der Waals surface area (Å²) in [5.74, 6) is 0.638. The van der Waals surface area contributed by atoms with Gasteiger partial charge in [0.25, 0.3) is 0 Å². The van der Waals surface area contributed by atoms with E-state index in [0.717, 1.165) is 19.3 Å². The molecule has 0 aromatic rings. The van der Waals surface area contributed by atoms with E-state index in [2.05, 4.69) is 54.7 Å². The monoisotopic (exact) mass is 184 g/mol. The largest absolute Gasteiger partial charge is 0.0873 e. The van der Waals surface area contributed by atoms with E-state index < -0.39 is 0 Å². The van der Waals surface area contributed by atoms with Crippen LogP contribution in [0.25, 0.3) is 0 Å². The molecule has 0 spiro atoms. The highest BCUT2D eigenvalue weighted by molar-refractivity contribution is 5.28. The molecule has 2 rings (SSSR count). The summed E-state index contributed by atoms with van der Waals surface area (Å²) in [6, 6.07) is 0. The van der Waals surface area contributed by atoms with Crippen molar-refractivity contribution in [1.29, 1.82) is 0 Å². The van der Waals surface area contributed by atoms with Crippen molar-refractivity contribution in [2.75, 3.05) is 0 Å². The molecular formula is C14H16. The minimum Gasteiger partial charge on any atom is -0.0873 e. The van der Waals surface area contributed by atoms with Crippen molar-refractivity contribution < 1.29 is 0 Å². The average Bonchev–Trinajstić information content (AvgIpc) is 2.86. The Bertz CT molecular complexity index is 312. The Morgan fingerprint density at radius 3 is 2.79 bits per heavy atom. The van der Waals surface area contributed by atoms with Crippen LogP contribution in [0.2, 0.25) is 0 Å². The molecule has 0 saturated carbocycles. The average molecular weight is 184 g/mol. The molecule has 0 radical (unpaired) electrons. The second kappa shape index (κ2) is 4.80. The third-order valence-corrected chi connectivity index (χ3v) is 2.60. The van der Waals surface area contributed by atoms with E-state index in [1.807, 2.05) is 0 Å². The molecule has 0 nitrogen and oxygen atoms in total. The quantitative estimate of drug-likeness (QED) is 0.580. The molecule has 0 saturated heterocycles.